The van der Waals surface area contributed by atoms with Gasteiger partial charge in [-0.15, -0.1) is 0 Å². The molecule has 1 aliphatic rings. The maximum absolute atomic E-state index is 12.2. The Hall–Kier alpha value is -1.59. The number of nitrogens with two attached hydrogens (primary N) is 1. The van der Waals surface area contributed by atoms with Gasteiger partial charge in [-0.2, -0.15) is 0 Å². The number of anilines is 1. The van der Waals surface area contributed by atoms with Crippen molar-refractivity contribution in [3.8, 4) is 5.75 Å². The van der Waals surface area contributed by atoms with Crippen LogP contribution in [0.5, 0.6) is 5.75 Å². The average molecular weight is 277 g/mol. The molecule has 1 fully saturated rings. The van der Waals surface area contributed by atoms with Gasteiger partial charge in [-0.3, -0.25) is 9.69 Å². The van der Waals surface area contributed by atoms with Crippen LogP contribution in [0.3, 0.4) is 0 Å². The van der Waals surface area contributed by atoms with E-state index in [1.54, 1.807) is 7.11 Å². The van der Waals surface area contributed by atoms with Crippen molar-refractivity contribution in [1.29, 1.82) is 0 Å². The number of nitrogens with zero attached hydrogens (tertiary/aromatic N) is 1. The number of rotatable bonds is 5. The Bertz CT molecular complexity index is 450. The number of ether oxygens (including phenoxy) is 1. The zero-order valence-electron chi connectivity index (χ0n) is 12.0. The number of hydrogen-bond donors (Lipinski definition) is 2. The van der Waals surface area contributed by atoms with E-state index in [1.807, 2.05) is 24.3 Å². The summed E-state index contributed by atoms with van der Waals surface area (Å²) >= 11 is 0. The quantitative estimate of drug-likeness (QED) is 0.855. The fourth-order valence-corrected chi connectivity index (χ4v) is 2.66. The number of nitrogens with one attached hydrogen (secondary N) is 1. The Morgan fingerprint density at radius 3 is 3.00 bits per heavy atom. The highest BCUT2D eigenvalue weighted by molar-refractivity contribution is 5.93. The van der Waals surface area contributed by atoms with Crippen LogP contribution in [0.1, 0.15) is 19.3 Å². The van der Waals surface area contributed by atoms with E-state index >= 15 is 0 Å². The van der Waals surface area contributed by atoms with E-state index in [9.17, 15) is 4.79 Å². The van der Waals surface area contributed by atoms with Crippen molar-refractivity contribution in [3.63, 3.8) is 0 Å². The summed E-state index contributed by atoms with van der Waals surface area (Å²) in [4.78, 5) is 14.3. The second-order valence-electron chi connectivity index (χ2n) is 5.10. The lowest BCUT2D eigenvalue weighted by atomic mass is 10.0. The molecule has 0 radical (unpaired) electrons. The summed E-state index contributed by atoms with van der Waals surface area (Å²) in [6.45, 7) is 1.95. The number of amides is 1. The summed E-state index contributed by atoms with van der Waals surface area (Å²) in [5.41, 5.74) is 6.48. The molecule has 1 aromatic rings. The standard InChI is InChI=1S/C15H23N3O2/c1-20-14-8-3-2-7-13(14)17-15(19)11-18-9-5-4-6-12(18)10-16/h2-3,7-8,12H,4-6,9-11,16H2,1H3,(H,17,19). The molecule has 1 atom stereocenters. The summed E-state index contributed by atoms with van der Waals surface area (Å²) in [7, 11) is 1.60. The molecule has 3 N–H and O–H groups in total. The highest BCUT2D eigenvalue weighted by Crippen LogP contribution is 2.23. The third-order valence-corrected chi connectivity index (χ3v) is 3.75. The predicted molar refractivity (Wildman–Crippen MR) is 79.9 cm³/mol. The summed E-state index contributed by atoms with van der Waals surface area (Å²) in [6, 6.07) is 7.75. The molecular formula is C15H23N3O2. The van der Waals surface area contributed by atoms with Crippen molar-refractivity contribution in [2.45, 2.75) is 25.3 Å². The number of piperidine rings is 1. The minimum atomic E-state index is -0.0187. The van der Waals surface area contributed by atoms with Crippen LogP contribution >= 0.6 is 0 Å². The predicted octanol–water partition coefficient (Wildman–Crippen LogP) is 1.45. The summed E-state index contributed by atoms with van der Waals surface area (Å²) in [5.74, 6) is 0.657. The Labute approximate surface area is 120 Å². The van der Waals surface area contributed by atoms with Gasteiger partial charge in [-0.05, 0) is 31.5 Å². The molecule has 0 spiro atoms. The van der Waals surface area contributed by atoms with Gasteiger partial charge in [0.15, 0.2) is 0 Å². The lowest BCUT2D eigenvalue weighted by molar-refractivity contribution is -0.118. The fourth-order valence-electron chi connectivity index (χ4n) is 2.66. The van der Waals surface area contributed by atoms with Gasteiger partial charge in [-0.1, -0.05) is 18.6 Å². The molecule has 0 saturated carbocycles. The first-order chi connectivity index (χ1) is 9.74. The van der Waals surface area contributed by atoms with Gasteiger partial charge in [0.2, 0.25) is 5.91 Å². The van der Waals surface area contributed by atoms with Gasteiger partial charge in [0.1, 0.15) is 5.75 Å². The molecule has 2 rings (SSSR count). The van der Waals surface area contributed by atoms with Crippen LogP contribution < -0.4 is 15.8 Å². The van der Waals surface area contributed by atoms with Crippen molar-refractivity contribution in [2.75, 3.05) is 32.1 Å². The monoisotopic (exact) mass is 277 g/mol. The van der Waals surface area contributed by atoms with E-state index in [4.69, 9.17) is 10.5 Å². The van der Waals surface area contributed by atoms with Gasteiger partial charge in [0.25, 0.3) is 0 Å². The van der Waals surface area contributed by atoms with E-state index < -0.39 is 0 Å². The molecule has 5 heteroatoms. The van der Waals surface area contributed by atoms with Gasteiger partial charge >= 0.3 is 0 Å². The van der Waals surface area contributed by atoms with Crippen LogP contribution in [-0.2, 0) is 4.79 Å². The van der Waals surface area contributed by atoms with Gasteiger partial charge in [0.05, 0.1) is 19.3 Å². The highest BCUT2D eigenvalue weighted by atomic mass is 16.5. The number of carbonyl (C=O) groups is 1. The first kappa shape index (κ1) is 14.8. The first-order valence-corrected chi connectivity index (χ1v) is 7.11. The van der Waals surface area contributed by atoms with E-state index in [-0.39, 0.29) is 5.91 Å². The van der Waals surface area contributed by atoms with Crippen molar-refractivity contribution in [2.24, 2.45) is 5.73 Å². The number of carbonyl (C=O) groups excluding carboxylic acids is 1. The molecule has 0 aliphatic carbocycles. The topological polar surface area (TPSA) is 67.6 Å². The van der Waals surface area contributed by atoms with Crippen LogP contribution in [0.4, 0.5) is 5.69 Å². The Balaban J connectivity index is 1.94. The zero-order valence-corrected chi connectivity index (χ0v) is 12.0. The SMILES string of the molecule is COc1ccccc1NC(=O)CN1CCCCC1CN. The maximum Gasteiger partial charge on any atom is 0.238 e. The van der Waals surface area contributed by atoms with Gasteiger partial charge in [-0.25, -0.2) is 0 Å². The summed E-state index contributed by atoms with van der Waals surface area (Å²) in [6.07, 6.45) is 3.42. The van der Waals surface area contributed by atoms with Crippen molar-refractivity contribution in [3.05, 3.63) is 24.3 Å². The number of hydrogen-bond acceptors (Lipinski definition) is 4. The Morgan fingerprint density at radius 2 is 2.25 bits per heavy atom. The molecule has 1 amide bonds. The van der Waals surface area contributed by atoms with E-state index in [1.165, 1.54) is 6.42 Å². The number of methoxy groups -OCH3 is 1. The Kier molecular flexibility index (Phi) is 5.38. The molecular weight excluding hydrogens is 254 g/mol. The summed E-state index contributed by atoms with van der Waals surface area (Å²) in [5, 5.41) is 2.91. The number of para-hydroxylation sites is 2. The minimum absolute atomic E-state index is 0.0187. The third kappa shape index (κ3) is 3.71. The van der Waals surface area contributed by atoms with Crippen LogP contribution in [0, 0.1) is 0 Å². The second-order valence-corrected chi connectivity index (χ2v) is 5.10. The number of likely N-dealkylation sites (tertiary alicyclic amines) is 1. The molecule has 1 aromatic carbocycles. The lowest BCUT2D eigenvalue weighted by Gasteiger charge is -2.34. The van der Waals surface area contributed by atoms with Crippen LogP contribution in [0.2, 0.25) is 0 Å². The molecule has 0 aromatic heterocycles. The second kappa shape index (κ2) is 7.26. The van der Waals surface area contributed by atoms with E-state index in [2.05, 4.69) is 10.2 Å². The highest BCUT2D eigenvalue weighted by Gasteiger charge is 2.23. The molecule has 1 heterocycles. The largest absolute Gasteiger partial charge is 0.495 e. The molecule has 0 bridgehead atoms. The van der Waals surface area contributed by atoms with Crippen molar-refractivity contribution >= 4 is 11.6 Å². The first-order valence-electron chi connectivity index (χ1n) is 7.11. The van der Waals surface area contributed by atoms with Crippen LogP contribution in [-0.4, -0.2) is 43.6 Å². The molecule has 20 heavy (non-hydrogen) atoms. The Morgan fingerprint density at radius 1 is 1.45 bits per heavy atom. The van der Waals surface area contributed by atoms with Gasteiger partial charge < -0.3 is 15.8 Å². The van der Waals surface area contributed by atoms with Gasteiger partial charge in [0, 0.05) is 12.6 Å². The molecule has 1 unspecified atom stereocenters. The van der Waals surface area contributed by atoms with Crippen LogP contribution in [0.25, 0.3) is 0 Å². The molecule has 1 saturated heterocycles. The minimum Gasteiger partial charge on any atom is -0.495 e. The van der Waals surface area contributed by atoms with Crippen molar-refractivity contribution in [1.82, 2.24) is 4.90 Å². The van der Waals surface area contributed by atoms with Crippen LogP contribution in [0.15, 0.2) is 24.3 Å². The molecule has 5 nitrogen and oxygen atoms in total. The van der Waals surface area contributed by atoms with E-state index in [0.29, 0.717) is 30.6 Å². The van der Waals surface area contributed by atoms with E-state index in [0.717, 1.165) is 19.4 Å². The molecule has 110 valence electrons. The smallest absolute Gasteiger partial charge is 0.238 e. The summed E-state index contributed by atoms with van der Waals surface area (Å²) < 4.78 is 5.23. The lowest BCUT2D eigenvalue weighted by Crippen LogP contribution is -2.47. The molecule has 1 aliphatic heterocycles. The number of benzene rings is 1. The van der Waals surface area contributed by atoms with Crippen molar-refractivity contribution < 1.29 is 9.53 Å². The third-order valence-electron chi connectivity index (χ3n) is 3.75. The zero-order chi connectivity index (χ0) is 14.4. The normalized spacial score (nSPS) is 19.6. The maximum atomic E-state index is 12.2. The average Bonchev–Trinajstić information content (AvgIpc) is 2.48. The fraction of sp³-hybridized carbons (Fsp3) is 0.533.